The molecule has 0 aliphatic heterocycles. The number of nitrogens with one attached hydrogen (secondary N) is 2. The molecular formula is C31H41F3N2O10. The second-order valence-electron chi connectivity index (χ2n) is 9.54. The van der Waals surface area contributed by atoms with Gasteiger partial charge in [-0.25, -0.2) is 4.79 Å². The molecule has 0 unspecified atom stereocenters. The molecule has 0 atom stereocenters. The molecule has 0 aromatic heterocycles. The van der Waals surface area contributed by atoms with E-state index >= 15 is 0 Å². The number of carbonyl (C=O) groups excluding carboxylic acids is 2. The van der Waals surface area contributed by atoms with Crippen LogP contribution in [0.25, 0.3) is 0 Å². The van der Waals surface area contributed by atoms with E-state index in [0.29, 0.717) is 71.5 Å². The number of anilines is 2. The van der Waals surface area contributed by atoms with Crippen LogP contribution >= 0.6 is 0 Å². The Kier molecular flexibility index (Phi) is 19.0. The molecule has 0 saturated carbocycles. The van der Waals surface area contributed by atoms with Crippen molar-refractivity contribution in [3.05, 3.63) is 59.7 Å². The summed E-state index contributed by atoms with van der Waals surface area (Å²) in [6.45, 7) is 3.95. The van der Waals surface area contributed by atoms with Crippen molar-refractivity contribution in [1.82, 2.24) is 5.32 Å². The fourth-order valence-corrected chi connectivity index (χ4v) is 3.66. The number of carbonyl (C=O) groups is 3. The maximum atomic E-state index is 13.0. The Balaban J connectivity index is 1.41. The molecule has 0 spiro atoms. The van der Waals surface area contributed by atoms with E-state index < -0.39 is 23.7 Å². The molecule has 256 valence electrons. The summed E-state index contributed by atoms with van der Waals surface area (Å²) in [6, 6.07) is 11.0. The summed E-state index contributed by atoms with van der Waals surface area (Å²) < 4.78 is 71.3. The summed E-state index contributed by atoms with van der Waals surface area (Å²) in [5.74, 6) is -1.94. The topological polar surface area (TPSA) is 151 Å². The number of carboxylic acids is 1. The third kappa shape index (κ3) is 17.7. The number of para-hydroxylation sites is 1. The van der Waals surface area contributed by atoms with Crippen LogP contribution in [0.3, 0.4) is 0 Å². The van der Waals surface area contributed by atoms with Crippen LogP contribution in [0.15, 0.2) is 48.5 Å². The largest absolute Gasteiger partial charge is 0.481 e. The maximum Gasteiger partial charge on any atom is 0.416 e. The van der Waals surface area contributed by atoms with Crippen LogP contribution in [0.4, 0.5) is 24.5 Å². The number of amides is 1. The fraction of sp³-hybridized carbons (Fsp3) is 0.516. The van der Waals surface area contributed by atoms with Gasteiger partial charge >= 0.3 is 18.1 Å². The van der Waals surface area contributed by atoms with Gasteiger partial charge in [-0.2, -0.15) is 13.2 Å². The zero-order valence-corrected chi connectivity index (χ0v) is 25.5. The zero-order valence-electron chi connectivity index (χ0n) is 25.5. The number of carboxylic acid groups (broad SMARTS) is 1. The molecule has 1 amide bonds. The Bertz CT molecular complexity index is 1180. The van der Waals surface area contributed by atoms with Gasteiger partial charge in [0.1, 0.15) is 6.61 Å². The van der Waals surface area contributed by atoms with E-state index in [9.17, 15) is 27.6 Å². The number of esters is 1. The molecular weight excluding hydrogens is 617 g/mol. The normalized spacial score (nSPS) is 11.3. The first-order valence-corrected chi connectivity index (χ1v) is 14.7. The quantitative estimate of drug-likeness (QED) is 0.105. The molecule has 0 radical (unpaired) electrons. The van der Waals surface area contributed by atoms with Crippen LogP contribution in [0.5, 0.6) is 0 Å². The lowest BCUT2D eigenvalue weighted by Crippen LogP contribution is -2.25. The molecule has 2 rings (SSSR count). The van der Waals surface area contributed by atoms with Gasteiger partial charge in [0, 0.05) is 25.3 Å². The zero-order chi connectivity index (χ0) is 33.5. The highest BCUT2D eigenvalue weighted by Crippen LogP contribution is 2.32. The summed E-state index contributed by atoms with van der Waals surface area (Å²) in [4.78, 5) is 34.3. The maximum absolute atomic E-state index is 13.0. The monoisotopic (exact) mass is 658 g/mol. The van der Waals surface area contributed by atoms with Crippen molar-refractivity contribution in [3.8, 4) is 0 Å². The van der Waals surface area contributed by atoms with Gasteiger partial charge in [-0.15, -0.1) is 0 Å². The molecule has 12 nitrogen and oxygen atoms in total. The summed E-state index contributed by atoms with van der Waals surface area (Å²) in [7, 11) is 0. The first-order chi connectivity index (χ1) is 22.2. The van der Waals surface area contributed by atoms with E-state index in [1.54, 1.807) is 18.2 Å². The van der Waals surface area contributed by atoms with Crippen molar-refractivity contribution in [1.29, 1.82) is 0 Å². The number of ether oxygens (including phenoxy) is 6. The molecule has 0 saturated heterocycles. The predicted molar refractivity (Wildman–Crippen MR) is 160 cm³/mol. The first kappa shape index (κ1) is 38.4. The van der Waals surface area contributed by atoms with E-state index in [0.717, 1.165) is 12.1 Å². The second-order valence-corrected chi connectivity index (χ2v) is 9.54. The number of hydrogen-bond acceptors (Lipinski definition) is 10. The van der Waals surface area contributed by atoms with E-state index in [-0.39, 0.29) is 49.8 Å². The second kappa shape index (κ2) is 22.7. The molecule has 46 heavy (non-hydrogen) atoms. The standard InChI is InChI=1S/C31H41F3N2O10/c32-31(33,34)24-5-3-6-25(23-24)36-27-8-2-1-7-26(27)30(40)46-22-21-45-20-19-44-18-17-43-16-15-42-14-13-41-12-4-11-35-28(37)9-10-29(38)39/h1-3,5-8,23,36H,4,9-22H2,(H,35,37)(H,38,39). The van der Waals surface area contributed by atoms with Gasteiger partial charge in [-0.05, 0) is 36.8 Å². The SMILES string of the molecule is O=C(O)CCC(=O)NCCCOCCOCCOCCOCCOCCOC(=O)c1ccccc1Nc1cccc(C(F)(F)F)c1. The number of aliphatic carboxylic acids is 1. The van der Waals surface area contributed by atoms with Crippen LogP contribution in [-0.2, 0) is 44.2 Å². The average molecular weight is 659 g/mol. The van der Waals surface area contributed by atoms with Crippen molar-refractivity contribution in [2.75, 3.05) is 84.5 Å². The molecule has 3 N–H and O–H groups in total. The lowest BCUT2D eigenvalue weighted by Gasteiger charge is -2.13. The van der Waals surface area contributed by atoms with E-state index in [4.69, 9.17) is 33.5 Å². The minimum absolute atomic E-state index is 0.0146. The number of hydrogen-bond donors (Lipinski definition) is 3. The van der Waals surface area contributed by atoms with Crippen LogP contribution in [0.2, 0.25) is 0 Å². The van der Waals surface area contributed by atoms with Gasteiger partial charge in [-0.3, -0.25) is 9.59 Å². The van der Waals surface area contributed by atoms with Crippen molar-refractivity contribution in [2.45, 2.75) is 25.4 Å². The molecule has 2 aromatic rings. The van der Waals surface area contributed by atoms with Gasteiger partial charge in [0.2, 0.25) is 5.91 Å². The number of benzene rings is 2. The van der Waals surface area contributed by atoms with E-state index in [1.165, 1.54) is 18.2 Å². The molecule has 2 aromatic carbocycles. The summed E-state index contributed by atoms with van der Waals surface area (Å²) in [5.41, 5.74) is -0.129. The smallest absolute Gasteiger partial charge is 0.416 e. The Hall–Kier alpha value is -3.76. The van der Waals surface area contributed by atoms with E-state index in [1.807, 2.05) is 0 Å². The van der Waals surface area contributed by atoms with Gasteiger partial charge in [-0.1, -0.05) is 18.2 Å². The van der Waals surface area contributed by atoms with Gasteiger partial charge in [0.25, 0.3) is 0 Å². The van der Waals surface area contributed by atoms with E-state index in [2.05, 4.69) is 10.6 Å². The van der Waals surface area contributed by atoms with Crippen molar-refractivity contribution in [3.63, 3.8) is 0 Å². The number of alkyl halides is 3. The summed E-state index contributed by atoms with van der Waals surface area (Å²) >= 11 is 0. The van der Waals surface area contributed by atoms with Crippen LogP contribution in [-0.4, -0.2) is 102 Å². The minimum atomic E-state index is -4.48. The minimum Gasteiger partial charge on any atom is -0.481 e. The van der Waals surface area contributed by atoms with Gasteiger partial charge < -0.3 is 44.2 Å². The molecule has 15 heteroatoms. The number of rotatable bonds is 25. The van der Waals surface area contributed by atoms with Gasteiger partial charge in [0.15, 0.2) is 0 Å². The highest BCUT2D eigenvalue weighted by molar-refractivity contribution is 5.96. The van der Waals surface area contributed by atoms with Gasteiger partial charge in [0.05, 0.1) is 82.7 Å². The highest BCUT2D eigenvalue weighted by Gasteiger charge is 2.30. The Morgan fingerprint density at radius 2 is 1.26 bits per heavy atom. The molecule has 0 aliphatic carbocycles. The van der Waals surface area contributed by atoms with Crippen molar-refractivity contribution >= 4 is 29.2 Å². The Morgan fingerprint density at radius 1 is 0.696 bits per heavy atom. The van der Waals surface area contributed by atoms with Crippen LogP contribution < -0.4 is 10.6 Å². The summed E-state index contributed by atoms with van der Waals surface area (Å²) in [5, 5.41) is 14.0. The average Bonchev–Trinajstić information content (AvgIpc) is 3.02. The van der Waals surface area contributed by atoms with Crippen molar-refractivity contribution < 1.29 is 61.1 Å². The molecule has 0 heterocycles. The Morgan fingerprint density at radius 3 is 1.85 bits per heavy atom. The number of halogens is 3. The Labute approximate surface area is 265 Å². The summed E-state index contributed by atoms with van der Waals surface area (Å²) in [6.07, 6.45) is -4.09. The highest BCUT2D eigenvalue weighted by atomic mass is 19.4. The van der Waals surface area contributed by atoms with Crippen LogP contribution in [0.1, 0.15) is 35.2 Å². The van der Waals surface area contributed by atoms with Crippen LogP contribution in [0, 0.1) is 0 Å². The lowest BCUT2D eigenvalue weighted by molar-refractivity contribution is -0.139. The first-order valence-electron chi connectivity index (χ1n) is 14.7. The molecule has 0 fully saturated rings. The molecule has 0 bridgehead atoms. The third-order valence-electron chi connectivity index (χ3n) is 5.92. The molecule has 0 aliphatic rings. The fourth-order valence-electron chi connectivity index (χ4n) is 3.66. The lowest BCUT2D eigenvalue weighted by atomic mass is 10.1. The third-order valence-corrected chi connectivity index (χ3v) is 5.92. The predicted octanol–water partition coefficient (Wildman–Crippen LogP) is 4.06. The van der Waals surface area contributed by atoms with Crippen molar-refractivity contribution in [2.24, 2.45) is 0 Å².